The maximum Gasteiger partial charge on any atom is 0.288 e. The second kappa shape index (κ2) is 2.65. The predicted octanol–water partition coefficient (Wildman–Crippen LogP) is 0.825. The highest BCUT2D eigenvalue weighted by Gasteiger charge is 2.00. The molecule has 2 rings (SSSR count). The van der Waals surface area contributed by atoms with E-state index in [0.717, 1.165) is 4.74 Å². The third kappa shape index (κ3) is 1.03. The summed E-state index contributed by atoms with van der Waals surface area (Å²) in [6.45, 7) is 0. The molecular formula is C8H6N2O2. The largest absolute Gasteiger partial charge is 0.378 e. The molecule has 0 bridgehead atoms. The Bertz CT molecular complexity index is 416. The number of hydrogen-bond acceptors (Lipinski definition) is 3. The van der Waals surface area contributed by atoms with Gasteiger partial charge in [0.05, 0.1) is 0 Å². The van der Waals surface area contributed by atoms with Gasteiger partial charge in [-0.05, 0) is 12.1 Å². The first kappa shape index (κ1) is 6.84. The summed E-state index contributed by atoms with van der Waals surface area (Å²) >= 11 is 0. The van der Waals surface area contributed by atoms with Crippen LogP contribution in [-0.2, 0) is 0 Å². The minimum atomic E-state index is -0.214. The van der Waals surface area contributed by atoms with Crippen molar-refractivity contribution in [2.24, 2.45) is 0 Å². The molecule has 0 radical (unpaired) electrons. The van der Waals surface area contributed by atoms with E-state index in [9.17, 15) is 4.79 Å². The summed E-state index contributed by atoms with van der Waals surface area (Å²) in [5.74, 6) is 0.493. The summed E-state index contributed by atoms with van der Waals surface area (Å²) in [6, 6.07) is 6.61. The van der Waals surface area contributed by atoms with Gasteiger partial charge in [-0.2, -0.15) is 0 Å². The number of pyridine rings is 1. The van der Waals surface area contributed by atoms with Crippen LogP contribution < -0.4 is 5.56 Å². The van der Waals surface area contributed by atoms with Crippen molar-refractivity contribution in [3.05, 3.63) is 47.1 Å². The Labute approximate surface area is 68.0 Å². The number of aromatic nitrogens is 2. The normalized spacial score (nSPS) is 10.0. The number of rotatable bonds is 1. The molecule has 0 aliphatic rings. The molecule has 60 valence electrons. The third-order valence-corrected chi connectivity index (χ3v) is 1.43. The zero-order valence-electron chi connectivity index (χ0n) is 6.18. The Morgan fingerprint density at radius 2 is 2.25 bits per heavy atom. The number of hydrogen-bond donors (Lipinski definition) is 0. The van der Waals surface area contributed by atoms with Crippen molar-refractivity contribution in [2.75, 3.05) is 0 Å². The fourth-order valence-electron chi connectivity index (χ4n) is 0.910. The van der Waals surface area contributed by atoms with Crippen molar-refractivity contribution in [3.8, 4) is 5.82 Å². The van der Waals surface area contributed by atoms with Crippen LogP contribution in [0.2, 0.25) is 0 Å². The zero-order chi connectivity index (χ0) is 8.39. The average molecular weight is 162 g/mol. The van der Waals surface area contributed by atoms with Crippen LogP contribution in [0, 0.1) is 0 Å². The zero-order valence-corrected chi connectivity index (χ0v) is 6.18. The van der Waals surface area contributed by atoms with Gasteiger partial charge in [-0.25, -0.2) is 4.98 Å². The van der Waals surface area contributed by atoms with Gasteiger partial charge in [0.25, 0.3) is 5.56 Å². The van der Waals surface area contributed by atoms with Gasteiger partial charge in [-0.3, -0.25) is 4.79 Å². The lowest BCUT2D eigenvalue weighted by Crippen LogP contribution is -2.11. The first-order valence-corrected chi connectivity index (χ1v) is 3.46. The van der Waals surface area contributed by atoms with Gasteiger partial charge in [-0.1, -0.05) is 6.07 Å². The lowest BCUT2D eigenvalue weighted by atomic mass is 10.5. The summed E-state index contributed by atoms with van der Waals surface area (Å²) in [6.07, 6.45) is 2.93. The third-order valence-electron chi connectivity index (χ3n) is 1.43. The predicted molar refractivity (Wildman–Crippen MR) is 42.1 cm³/mol. The fourth-order valence-corrected chi connectivity index (χ4v) is 0.910. The molecule has 0 unspecified atom stereocenters. The van der Waals surface area contributed by atoms with Gasteiger partial charge >= 0.3 is 0 Å². The molecule has 4 heteroatoms. The van der Waals surface area contributed by atoms with E-state index < -0.39 is 0 Å². The molecule has 0 aliphatic heterocycles. The molecule has 0 fully saturated rings. The smallest absolute Gasteiger partial charge is 0.288 e. The minimum Gasteiger partial charge on any atom is -0.378 e. The Morgan fingerprint density at radius 3 is 2.83 bits per heavy atom. The SMILES string of the molecule is O=c1ccon1-c1ccccn1. The van der Waals surface area contributed by atoms with Crippen molar-refractivity contribution in [1.29, 1.82) is 0 Å². The maximum absolute atomic E-state index is 11.0. The van der Waals surface area contributed by atoms with E-state index >= 15 is 0 Å². The second-order valence-corrected chi connectivity index (χ2v) is 2.23. The van der Waals surface area contributed by atoms with E-state index in [1.165, 1.54) is 12.3 Å². The second-order valence-electron chi connectivity index (χ2n) is 2.23. The highest BCUT2D eigenvalue weighted by Crippen LogP contribution is 1.97. The summed E-state index contributed by atoms with van der Waals surface area (Å²) in [4.78, 5) is 15.0. The van der Waals surface area contributed by atoms with Crippen LogP contribution >= 0.6 is 0 Å². The van der Waals surface area contributed by atoms with E-state index in [1.54, 1.807) is 24.4 Å². The Kier molecular flexibility index (Phi) is 1.51. The molecule has 0 amide bonds. The minimum absolute atomic E-state index is 0.214. The maximum atomic E-state index is 11.0. The molecule has 0 saturated heterocycles. The van der Waals surface area contributed by atoms with Gasteiger partial charge < -0.3 is 4.52 Å². The van der Waals surface area contributed by atoms with Gasteiger partial charge in [0.15, 0.2) is 5.82 Å². The van der Waals surface area contributed by atoms with Crippen LogP contribution in [0.5, 0.6) is 0 Å². The summed E-state index contributed by atoms with van der Waals surface area (Å²) < 4.78 is 6.02. The highest BCUT2D eigenvalue weighted by atomic mass is 16.5. The molecular weight excluding hydrogens is 156 g/mol. The molecule has 2 aromatic heterocycles. The Hall–Kier alpha value is -1.84. The van der Waals surface area contributed by atoms with Crippen LogP contribution in [0.3, 0.4) is 0 Å². The van der Waals surface area contributed by atoms with Crippen LogP contribution in [0.15, 0.2) is 46.0 Å². The lowest BCUT2D eigenvalue weighted by molar-refractivity contribution is 0.334. The molecule has 0 spiro atoms. The molecule has 0 aromatic carbocycles. The first-order chi connectivity index (χ1) is 5.88. The van der Waals surface area contributed by atoms with Crippen molar-refractivity contribution in [2.45, 2.75) is 0 Å². The Morgan fingerprint density at radius 1 is 1.33 bits per heavy atom. The van der Waals surface area contributed by atoms with Crippen molar-refractivity contribution in [3.63, 3.8) is 0 Å². The molecule has 0 N–H and O–H groups in total. The first-order valence-electron chi connectivity index (χ1n) is 3.46. The molecule has 0 saturated carbocycles. The molecule has 0 aliphatic carbocycles. The standard InChI is InChI=1S/C8H6N2O2/c11-8-4-6-12-10(8)7-3-1-2-5-9-7/h1-6H. The highest BCUT2D eigenvalue weighted by molar-refractivity contribution is 5.18. The van der Waals surface area contributed by atoms with E-state index in [0.29, 0.717) is 5.82 Å². The van der Waals surface area contributed by atoms with E-state index in [2.05, 4.69) is 4.98 Å². The van der Waals surface area contributed by atoms with Crippen LogP contribution in [0.25, 0.3) is 5.82 Å². The van der Waals surface area contributed by atoms with Crippen molar-refractivity contribution >= 4 is 0 Å². The van der Waals surface area contributed by atoms with Crippen LogP contribution in [0.1, 0.15) is 0 Å². The Balaban J connectivity index is 2.59. The quantitative estimate of drug-likeness (QED) is 0.623. The van der Waals surface area contributed by atoms with Gasteiger partial charge in [-0.15, -0.1) is 4.74 Å². The van der Waals surface area contributed by atoms with Gasteiger partial charge in [0.2, 0.25) is 0 Å². The van der Waals surface area contributed by atoms with Crippen molar-refractivity contribution in [1.82, 2.24) is 9.72 Å². The van der Waals surface area contributed by atoms with Gasteiger partial charge in [0.1, 0.15) is 6.26 Å². The van der Waals surface area contributed by atoms with E-state index in [4.69, 9.17) is 4.52 Å². The summed E-state index contributed by atoms with van der Waals surface area (Å²) in [5, 5.41) is 0. The van der Waals surface area contributed by atoms with E-state index in [-0.39, 0.29) is 5.56 Å². The summed E-state index contributed by atoms with van der Waals surface area (Å²) in [5.41, 5.74) is -0.214. The molecule has 12 heavy (non-hydrogen) atoms. The lowest BCUT2D eigenvalue weighted by Gasteiger charge is -1.95. The van der Waals surface area contributed by atoms with Crippen molar-refractivity contribution < 1.29 is 4.52 Å². The van der Waals surface area contributed by atoms with E-state index in [1.807, 2.05) is 0 Å². The van der Waals surface area contributed by atoms with Crippen LogP contribution in [-0.4, -0.2) is 9.72 Å². The average Bonchev–Trinajstić information content (AvgIpc) is 2.53. The molecule has 2 heterocycles. The molecule has 2 aromatic rings. The van der Waals surface area contributed by atoms with Crippen LogP contribution in [0.4, 0.5) is 0 Å². The molecule has 0 atom stereocenters. The van der Waals surface area contributed by atoms with Gasteiger partial charge in [0, 0.05) is 12.3 Å². The topological polar surface area (TPSA) is 48.0 Å². The fraction of sp³-hybridized carbons (Fsp3) is 0. The molecule has 4 nitrogen and oxygen atoms in total. The summed E-state index contributed by atoms with van der Waals surface area (Å²) in [7, 11) is 0. The number of nitrogens with zero attached hydrogens (tertiary/aromatic N) is 2. The monoisotopic (exact) mass is 162 g/mol.